The predicted molar refractivity (Wildman–Crippen MR) is 111 cm³/mol. The Morgan fingerprint density at radius 3 is 3.00 bits per heavy atom. The number of rotatable bonds is 4. The minimum Gasteiger partial charge on any atom is -0.506 e. The topological polar surface area (TPSA) is 98.3 Å². The monoisotopic (exact) mass is 390 g/mol. The summed E-state index contributed by atoms with van der Waals surface area (Å²) in [6.45, 7) is 1.95. The molecule has 1 aromatic carbocycles. The highest BCUT2D eigenvalue weighted by atomic mass is 16.3. The molecule has 0 saturated heterocycles. The molecule has 0 fully saturated rings. The van der Waals surface area contributed by atoms with Gasteiger partial charge in [-0.3, -0.25) is 9.59 Å². The van der Waals surface area contributed by atoms with E-state index in [4.69, 9.17) is 0 Å². The van der Waals surface area contributed by atoms with Gasteiger partial charge in [-0.05, 0) is 48.2 Å². The molecule has 3 N–H and O–H groups in total. The van der Waals surface area contributed by atoms with Gasteiger partial charge in [0.05, 0.1) is 11.6 Å². The van der Waals surface area contributed by atoms with Crippen molar-refractivity contribution < 1.29 is 14.7 Å². The molecule has 1 atom stereocenters. The van der Waals surface area contributed by atoms with Crippen molar-refractivity contribution in [2.75, 3.05) is 12.4 Å². The molecule has 7 heteroatoms. The number of anilines is 1. The van der Waals surface area contributed by atoms with Crippen molar-refractivity contribution in [2.45, 2.75) is 25.8 Å². The lowest BCUT2D eigenvalue weighted by Crippen LogP contribution is -2.27. The Kier molecular flexibility index (Phi) is 4.80. The minimum absolute atomic E-state index is 0.0234. The molecule has 2 aromatic heterocycles. The normalized spacial score (nSPS) is 14.6. The van der Waals surface area contributed by atoms with Crippen LogP contribution in [0, 0.1) is 0 Å². The quantitative estimate of drug-likeness (QED) is 0.595. The van der Waals surface area contributed by atoms with Gasteiger partial charge in [0.1, 0.15) is 11.6 Å². The molecule has 148 valence electrons. The smallest absolute Gasteiger partial charge is 0.246 e. The van der Waals surface area contributed by atoms with Crippen LogP contribution >= 0.6 is 0 Å². The Morgan fingerprint density at radius 2 is 2.17 bits per heavy atom. The zero-order valence-electron chi connectivity index (χ0n) is 16.3. The fourth-order valence-electron chi connectivity index (χ4n) is 3.56. The number of carbonyl (C=O) groups excluding carboxylic acids is 2. The number of para-hydroxylation sites is 1. The van der Waals surface area contributed by atoms with Gasteiger partial charge in [0.15, 0.2) is 0 Å². The third-order valence-electron chi connectivity index (χ3n) is 5.39. The van der Waals surface area contributed by atoms with Crippen LogP contribution in [-0.2, 0) is 16.0 Å². The van der Waals surface area contributed by atoms with Crippen molar-refractivity contribution in [3.05, 3.63) is 59.4 Å². The molecular weight excluding hydrogens is 368 g/mol. The number of aromatic nitrogens is 2. The Labute approximate surface area is 168 Å². The molecule has 1 aliphatic heterocycles. The van der Waals surface area contributed by atoms with Crippen LogP contribution in [0.3, 0.4) is 0 Å². The number of phenols is 1. The molecule has 0 bridgehead atoms. The predicted octanol–water partition coefficient (Wildman–Crippen LogP) is 3.39. The van der Waals surface area contributed by atoms with Crippen molar-refractivity contribution in [1.29, 1.82) is 0 Å². The molecule has 0 saturated carbocycles. The zero-order valence-corrected chi connectivity index (χ0v) is 16.3. The molecule has 0 aliphatic carbocycles. The minimum atomic E-state index is -0.181. The number of likely N-dealkylation sites (N-methyl/N-ethyl adjacent to an activating group) is 1. The van der Waals surface area contributed by atoms with E-state index in [9.17, 15) is 14.7 Å². The molecule has 1 aliphatic rings. The molecule has 2 amide bonds. The van der Waals surface area contributed by atoms with E-state index < -0.39 is 0 Å². The number of fused-ring (bicyclic) bond motifs is 2. The van der Waals surface area contributed by atoms with Crippen LogP contribution in [-0.4, -0.2) is 38.8 Å². The fraction of sp³-hybridized carbons (Fsp3) is 0.227. The number of aromatic hydroxyl groups is 1. The molecule has 29 heavy (non-hydrogen) atoms. The highest BCUT2D eigenvalue weighted by Crippen LogP contribution is 2.31. The van der Waals surface area contributed by atoms with Gasteiger partial charge in [-0.25, -0.2) is 4.98 Å². The number of aromatic amines is 1. The number of benzene rings is 1. The van der Waals surface area contributed by atoms with Crippen molar-refractivity contribution >= 4 is 34.6 Å². The van der Waals surface area contributed by atoms with E-state index in [1.54, 1.807) is 36.4 Å². The van der Waals surface area contributed by atoms with Crippen LogP contribution in [0.2, 0.25) is 0 Å². The van der Waals surface area contributed by atoms with Gasteiger partial charge >= 0.3 is 0 Å². The number of phenolic OH excluding ortho intramolecular Hbond substituents is 1. The van der Waals surface area contributed by atoms with Crippen LogP contribution in [0.15, 0.2) is 42.7 Å². The summed E-state index contributed by atoms with van der Waals surface area (Å²) < 4.78 is 0. The molecule has 4 rings (SSSR count). The number of pyridine rings is 1. The van der Waals surface area contributed by atoms with Crippen molar-refractivity contribution in [3.8, 4) is 5.75 Å². The van der Waals surface area contributed by atoms with E-state index in [1.165, 1.54) is 6.08 Å². The van der Waals surface area contributed by atoms with Gasteiger partial charge in [0, 0.05) is 37.3 Å². The summed E-state index contributed by atoms with van der Waals surface area (Å²) in [7, 11) is 1.75. The van der Waals surface area contributed by atoms with Gasteiger partial charge in [-0.1, -0.05) is 12.1 Å². The number of nitrogens with zero attached hydrogens (tertiary/aromatic N) is 2. The standard InChI is InChI=1S/C22H22N4O3/c1-13(17-12-23-21-16(17)4-3-5-18(21)27)26(2)20(29)9-6-14-10-15-7-8-19(28)25-22(15)24-11-14/h3-6,9-13,23,27H,7-8H2,1-2H3,(H,24,25,28). The Balaban J connectivity index is 1.50. The highest BCUT2D eigenvalue weighted by Gasteiger charge is 2.20. The van der Waals surface area contributed by atoms with Crippen molar-refractivity contribution in [2.24, 2.45) is 0 Å². The lowest BCUT2D eigenvalue weighted by molar-refractivity contribution is -0.126. The largest absolute Gasteiger partial charge is 0.506 e. The number of H-pyrrole nitrogens is 1. The second-order valence-electron chi connectivity index (χ2n) is 7.23. The lowest BCUT2D eigenvalue weighted by atomic mass is 10.0. The molecule has 0 spiro atoms. The molecule has 0 radical (unpaired) electrons. The summed E-state index contributed by atoms with van der Waals surface area (Å²) in [6.07, 6.45) is 7.81. The molecular formula is C22H22N4O3. The van der Waals surface area contributed by atoms with E-state index in [-0.39, 0.29) is 23.6 Å². The Bertz CT molecular complexity index is 1130. The van der Waals surface area contributed by atoms with Gasteiger partial charge in [0.2, 0.25) is 11.8 Å². The second-order valence-corrected chi connectivity index (χ2v) is 7.23. The van der Waals surface area contributed by atoms with Crippen LogP contribution in [0.5, 0.6) is 5.75 Å². The number of carbonyl (C=O) groups is 2. The first-order valence-electron chi connectivity index (χ1n) is 9.46. The maximum atomic E-state index is 12.7. The molecule has 3 aromatic rings. The lowest BCUT2D eigenvalue weighted by Gasteiger charge is -2.23. The van der Waals surface area contributed by atoms with E-state index >= 15 is 0 Å². The average molecular weight is 390 g/mol. The van der Waals surface area contributed by atoms with E-state index in [2.05, 4.69) is 15.3 Å². The maximum Gasteiger partial charge on any atom is 0.246 e. The van der Waals surface area contributed by atoms with Crippen LogP contribution < -0.4 is 5.32 Å². The Hall–Kier alpha value is -3.61. The maximum absolute atomic E-state index is 12.7. The van der Waals surface area contributed by atoms with Crippen molar-refractivity contribution in [1.82, 2.24) is 14.9 Å². The second kappa shape index (κ2) is 7.43. The first-order valence-corrected chi connectivity index (χ1v) is 9.46. The molecule has 3 heterocycles. The number of aryl methyl sites for hydroxylation is 1. The van der Waals surface area contributed by atoms with Gasteiger partial charge < -0.3 is 20.3 Å². The summed E-state index contributed by atoms with van der Waals surface area (Å²) >= 11 is 0. The van der Waals surface area contributed by atoms with Crippen LogP contribution in [0.25, 0.3) is 17.0 Å². The number of amides is 2. The molecule has 7 nitrogen and oxygen atoms in total. The van der Waals surface area contributed by atoms with Crippen LogP contribution in [0.1, 0.15) is 36.1 Å². The van der Waals surface area contributed by atoms with Gasteiger partial charge in [-0.2, -0.15) is 0 Å². The summed E-state index contributed by atoms with van der Waals surface area (Å²) in [5.74, 6) is 0.617. The summed E-state index contributed by atoms with van der Waals surface area (Å²) in [6, 6.07) is 7.10. The SMILES string of the molecule is CC(c1c[nH]c2c(O)cccc12)N(C)C(=O)C=Cc1cnc2c(c1)CCC(=O)N2. The first-order chi connectivity index (χ1) is 13.9. The summed E-state index contributed by atoms with van der Waals surface area (Å²) in [4.78, 5) is 33.1. The van der Waals surface area contributed by atoms with E-state index in [1.807, 2.05) is 25.3 Å². The van der Waals surface area contributed by atoms with E-state index in [0.29, 0.717) is 24.2 Å². The summed E-state index contributed by atoms with van der Waals surface area (Å²) in [5, 5.41) is 13.6. The fourth-order valence-corrected chi connectivity index (χ4v) is 3.56. The van der Waals surface area contributed by atoms with E-state index in [0.717, 1.165) is 22.1 Å². The van der Waals surface area contributed by atoms with Gasteiger partial charge in [-0.15, -0.1) is 0 Å². The first kappa shape index (κ1) is 18.7. The van der Waals surface area contributed by atoms with Crippen LogP contribution in [0.4, 0.5) is 5.82 Å². The third kappa shape index (κ3) is 3.59. The number of hydrogen-bond donors (Lipinski definition) is 3. The number of nitrogens with one attached hydrogen (secondary N) is 2. The third-order valence-corrected chi connectivity index (χ3v) is 5.39. The summed E-state index contributed by atoms with van der Waals surface area (Å²) in [5.41, 5.74) is 3.38. The number of hydrogen-bond acceptors (Lipinski definition) is 4. The van der Waals surface area contributed by atoms with Crippen molar-refractivity contribution in [3.63, 3.8) is 0 Å². The average Bonchev–Trinajstić information content (AvgIpc) is 3.16. The van der Waals surface area contributed by atoms with Gasteiger partial charge in [0.25, 0.3) is 0 Å². The molecule has 1 unspecified atom stereocenters. The zero-order chi connectivity index (χ0) is 20.5. The Morgan fingerprint density at radius 1 is 1.34 bits per heavy atom. The highest BCUT2D eigenvalue weighted by molar-refractivity contribution is 5.94.